The highest BCUT2D eigenvalue weighted by Crippen LogP contribution is 2.50. The van der Waals surface area contributed by atoms with Gasteiger partial charge in [0.2, 0.25) is 0 Å². The molecule has 10 aromatic carbocycles. The molecule has 0 N–H and O–H groups in total. The Bertz CT molecular complexity index is 3490. The molecule has 12 rings (SSSR count). The molecule has 0 spiro atoms. The second kappa shape index (κ2) is 14.6. The molecule has 0 radical (unpaired) electrons. The van der Waals surface area contributed by atoms with E-state index in [4.69, 9.17) is 0 Å². The molecule has 0 unspecified atom stereocenters. The Hall–Kier alpha value is -7.94. The van der Waals surface area contributed by atoms with Gasteiger partial charge >= 0.3 is 0 Å². The van der Waals surface area contributed by atoms with Gasteiger partial charge in [0.05, 0.1) is 11.0 Å². The summed E-state index contributed by atoms with van der Waals surface area (Å²) in [6.45, 7) is 4.70. The van der Waals surface area contributed by atoms with Crippen molar-refractivity contribution >= 4 is 49.6 Å². The maximum atomic E-state index is 2.43. The average molecular weight is 805 g/mol. The molecule has 63 heavy (non-hydrogen) atoms. The third-order valence-corrected chi connectivity index (χ3v) is 13.4. The first-order valence-electron chi connectivity index (χ1n) is 21.9. The summed E-state index contributed by atoms with van der Waals surface area (Å²) < 4.78 is 2.43. The number of hydrogen-bond donors (Lipinski definition) is 0. The van der Waals surface area contributed by atoms with E-state index in [9.17, 15) is 0 Å². The molecule has 1 aliphatic carbocycles. The molecule has 0 fully saturated rings. The number of aromatic nitrogens is 1. The number of anilines is 3. The van der Waals surface area contributed by atoms with E-state index in [1.807, 2.05) is 0 Å². The number of rotatable bonds is 7. The van der Waals surface area contributed by atoms with Crippen molar-refractivity contribution in [3.63, 3.8) is 0 Å². The van der Waals surface area contributed by atoms with Crippen LogP contribution in [-0.4, -0.2) is 4.57 Å². The molecule has 11 aromatic rings. The molecule has 0 atom stereocenters. The zero-order valence-electron chi connectivity index (χ0n) is 35.3. The van der Waals surface area contributed by atoms with Crippen LogP contribution in [0, 0.1) is 0 Å². The van der Waals surface area contributed by atoms with Crippen molar-refractivity contribution < 1.29 is 0 Å². The quantitative estimate of drug-likeness (QED) is 0.156. The van der Waals surface area contributed by atoms with E-state index in [0.29, 0.717) is 0 Å². The lowest BCUT2D eigenvalue weighted by atomic mass is 9.81. The zero-order chi connectivity index (χ0) is 42.1. The predicted molar refractivity (Wildman–Crippen MR) is 267 cm³/mol. The third kappa shape index (κ3) is 6.02. The van der Waals surface area contributed by atoms with Crippen LogP contribution in [-0.2, 0) is 5.41 Å². The SMILES string of the molecule is CC1(C)c2ccccc2-c2ccc(-c3ccc(N(c4ccc(-c5ccccc5)cc4)c4ccc(-c5cc6c7ccccc7n(-c7ccccc7)c6c6ccccc56)cc4)cc3)cc21. The molecule has 0 bridgehead atoms. The molecule has 1 aromatic heterocycles. The highest BCUT2D eigenvalue weighted by Gasteiger charge is 2.35. The van der Waals surface area contributed by atoms with Crippen LogP contribution in [0.1, 0.15) is 25.0 Å². The van der Waals surface area contributed by atoms with Crippen LogP contribution >= 0.6 is 0 Å². The van der Waals surface area contributed by atoms with Crippen molar-refractivity contribution in [2.75, 3.05) is 4.90 Å². The van der Waals surface area contributed by atoms with Crippen LogP contribution in [0.15, 0.2) is 231 Å². The van der Waals surface area contributed by atoms with Gasteiger partial charge in [0.25, 0.3) is 0 Å². The van der Waals surface area contributed by atoms with Gasteiger partial charge in [-0.3, -0.25) is 0 Å². The summed E-state index contributed by atoms with van der Waals surface area (Å²) in [5, 5.41) is 4.98. The number of benzene rings is 10. The first-order valence-corrected chi connectivity index (χ1v) is 21.9. The van der Waals surface area contributed by atoms with Gasteiger partial charge in [0, 0.05) is 44.3 Å². The summed E-state index contributed by atoms with van der Waals surface area (Å²) in [7, 11) is 0. The molecule has 2 heteroatoms. The Balaban J connectivity index is 0.955. The fraction of sp³-hybridized carbons (Fsp3) is 0.0492. The zero-order valence-corrected chi connectivity index (χ0v) is 35.3. The highest BCUT2D eigenvalue weighted by atomic mass is 15.1. The van der Waals surface area contributed by atoms with E-state index in [1.54, 1.807) is 0 Å². The maximum absolute atomic E-state index is 2.43. The van der Waals surface area contributed by atoms with Crippen molar-refractivity contribution in [3.8, 4) is 50.2 Å². The van der Waals surface area contributed by atoms with E-state index in [-0.39, 0.29) is 5.41 Å². The van der Waals surface area contributed by atoms with Gasteiger partial charge in [-0.1, -0.05) is 178 Å². The maximum Gasteiger partial charge on any atom is 0.0619 e. The second-order valence-electron chi connectivity index (χ2n) is 17.3. The Morgan fingerprint density at radius 2 is 0.825 bits per heavy atom. The first kappa shape index (κ1) is 36.9. The minimum absolute atomic E-state index is 0.0458. The fourth-order valence-corrected chi connectivity index (χ4v) is 10.3. The summed E-state index contributed by atoms with van der Waals surface area (Å²) in [6, 6.07) is 84.5. The monoisotopic (exact) mass is 804 g/mol. The Labute approximate surface area is 368 Å². The minimum Gasteiger partial charge on any atom is -0.311 e. The van der Waals surface area contributed by atoms with Gasteiger partial charge in [-0.15, -0.1) is 0 Å². The van der Waals surface area contributed by atoms with E-state index < -0.39 is 0 Å². The van der Waals surface area contributed by atoms with Crippen LogP contribution in [0.5, 0.6) is 0 Å². The van der Waals surface area contributed by atoms with Gasteiger partial charge in [-0.2, -0.15) is 0 Å². The summed E-state index contributed by atoms with van der Waals surface area (Å²) in [6.07, 6.45) is 0. The number of hydrogen-bond acceptors (Lipinski definition) is 1. The topological polar surface area (TPSA) is 8.17 Å². The molecule has 298 valence electrons. The standard InChI is InChI=1S/C61H44N2/c1-61(2)57-23-13-11-20-51(57)52-38-31-45(39-58(52)61)43-27-34-48(35-28-43)62(47-32-25-42(26-33-47)41-15-5-3-6-16-41)49-36-29-44(30-37-49)55-40-56-53-21-12-14-24-59(53)63(46-17-7-4-8-18-46)60(56)54-22-10-9-19-50(54)55/h3-40H,1-2H3. The number of nitrogens with zero attached hydrogens (tertiary/aromatic N) is 2. The molecule has 1 aliphatic rings. The van der Waals surface area contributed by atoms with Crippen molar-refractivity contribution in [1.82, 2.24) is 4.57 Å². The van der Waals surface area contributed by atoms with E-state index in [1.165, 1.54) is 88.2 Å². The van der Waals surface area contributed by atoms with Crippen LogP contribution in [0.3, 0.4) is 0 Å². The molecule has 0 saturated heterocycles. The molecule has 2 nitrogen and oxygen atoms in total. The van der Waals surface area contributed by atoms with Gasteiger partial charge in [-0.25, -0.2) is 0 Å². The van der Waals surface area contributed by atoms with Crippen LogP contribution in [0.2, 0.25) is 0 Å². The lowest BCUT2D eigenvalue weighted by molar-refractivity contribution is 0.660. The largest absolute Gasteiger partial charge is 0.311 e. The first-order chi connectivity index (χ1) is 31.0. The Morgan fingerprint density at radius 1 is 0.333 bits per heavy atom. The lowest BCUT2D eigenvalue weighted by Crippen LogP contribution is -2.14. The molecule has 0 aliphatic heterocycles. The Kier molecular flexibility index (Phi) is 8.55. The van der Waals surface area contributed by atoms with Crippen molar-refractivity contribution in [2.24, 2.45) is 0 Å². The summed E-state index contributed by atoms with van der Waals surface area (Å²) >= 11 is 0. The second-order valence-corrected chi connectivity index (χ2v) is 17.3. The van der Waals surface area contributed by atoms with Gasteiger partial charge in [-0.05, 0) is 128 Å². The van der Waals surface area contributed by atoms with Crippen molar-refractivity contribution in [1.29, 1.82) is 0 Å². The Morgan fingerprint density at radius 3 is 1.51 bits per heavy atom. The van der Waals surface area contributed by atoms with Crippen molar-refractivity contribution in [2.45, 2.75) is 19.3 Å². The summed E-state index contributed by atoms with van der Waals surface area (Å²) in [5.74, 6) is 0. The smallest absolute Gasteiger partial charge is 0.0619 e. The number of fused-ring (bicyclic) bond motifs is 8. The van der Waals surface area contributed by atoms with Crippen molar-refractivity contribution in [3.05, 3.63) is 242 Å². The normalized spacial score (nSPS) is 12.7. The van der Waals surface area contributed by atoms with E-state index >= 15 is 0 Å². The van der Waals surface area contributed by atoms with Gasteiger partial charge in [0.1, 0.15) is 0 Å². The fourth-order valence-electron chi connectivity index (χ4n) is 10.3. The molecule has 1 heterocycles. The molecular formula is C61H44N2. The average Bonchev–Trinajstić information content (AvgIpc) is 3.81. The van der Waals surface area contributed by atoms with E-state index in [2.05, 4.69) is 254 Å². The molecule has 0 saturated carbocycles. The number of para-hydroxylation sites is 2. The third-order valence-electron chi connectivity index (χ3n) is 13.4. The van der Waals surface area contributed by atoms with Crippen LogP contribution in [0.25, 0.3) is 82.8 Å². The summed E-state index contributed by atoms with van der Waals surface area (Å²) in [5.41, 5.74) is 19.6. The molecule has 0 amide bonds. The predicted octanol–water partition coefficient (Wildman–Crippen LogP) is 16.7. The van der Waals surface area contributed by atoms with Gasteiger partial charge in [0.15, 0.2) is 0 Å². The summed E-state index contributed by atoms with van der Waals surface area (Å²) in [4.78, 5) is 2.37. The minimum atomic E-state index is -0.0458. The highest BCUT2D eigenvalue weighted by molar-refractivity contribution is 6.22. The van der Waals surface area contributed by atoms with E-state index in [0.717, 1.165) is 22.7 Å². The lowest BCUT2D eigenvalue weighted by Gasteiger charge is -2.26. The van der Waals surface area contributed by atoms with Crippen LogP contribution in [0.4, 0.5) is 17.1 Å². The van der Waals surface area contributed by atoms with Crippen LogP contribution < -0.4 is 4.90 Å². The van der Waals surface area contributed by atoms with Gasteiger partial charge < -0.3 is 9.47 Å². The molecular weight excluding hydrogens is 761 g/mol.